The third-order valence-electron chi connectivity index (χ3n) is 3.83. The number of hydrogen-bond acceptors (Lipinski definition) is 7. The highest BCUT2D eigenvalue weighted by molar-refractivity contribution is 6.15. The zero-order chi connectivity index (χ0) is 16.7. The Kier molecular flexibility index (Phi) is 4.14. The van der Waals surface area contributed by atoms with Gasteiger partial charge in [-0.05, 0) is 13.8 Å². The molecule has 0 aromatic carbocycles. The average molecular weight is 312 g/mol. The number of rotatable bonds is 4. The molecule has 2 saturated heterocycles. The topological polar surface area (TPSA) is 88.1 Å². The number of carbonyl (C=O) groups is 3. The fraction of sp³-hybridized carbons (Fsp3) is 0.667. The molecule has 0 saturated carbocycles. The first-order valence-corrected chi connectivity index (χ1v) is 7.03. The van der Waals surface area contributed by atoms with Gasteiger partial charge in [0.05, 0.1) is 6.61 Å². The minimum atomic E-state index is -2.01. The van der Waals surface area contributed by atoms with Gasteiger partial charge < -0.3 is 18.9 Å². The number of cyclic esters (lactones) is 1. The van der Waals surface area contributed by atoms with E-state index >= 15 is 0 Å². The highest BCUT2D eigenvalue weighted by Crippen LogP contribution is 2.38. The summed E-state index contributed by atoms with van der Waals surface area (Å²) in [4.78, 5) is 36.4. The first kappa shape index (κ1) is 16.6. The molecule has 0 spiro atoms. The lowest BCUT2D eigenvalue weighted by atomic mass is 9.83. The minimum absolute atomic E-state index is 0.106. The predicted octanol–water partition coefficient (Wildman–Crippen LogP) is 0.756. The first-order chi connectivity index (χ1) is 10.1. The molecule has 0 aromatic heterocycles. The molecular formula is C15H20O7. The van der Waals surface area contributed by atoms with E-state index in [-0.39, 0.29) is 6.61 Å². The SMILES string of the molecule is C=C[C@H](C)[C@@]1(OC(C)=O)C(=O)O[C@H]([C@@H]2COC(C)(C)O2)C1=O. The molecule has 2 rings (SSSR count). The first-order valence-electron chi connectivity index (χ1n) is 7.03. The summed E-state index contributed by atoms with van der Waals surface area (Å²) in [5.74, 6) is -3.89. The molecule has 0 aromatic rings. The summed E-state index contributed by atoms with van der Waals surface area (Å²) < 4.78 is 21.2. The van der Waals surface area contributed by atoms with Gasteiger partial charge in [0.2, 0.25) is 5.78 Å². The van der Waals surface area contributed by atoms with Crippen molar-refractivity contribution in [3.63, 3.8) is 0 Å². The van der Waals surface area contributed by atoms with Crippen LogP contribution in [0.3, 0.4) is 0 Å². The summed E-state index contributed by atoms with van der Waals surface area (Å²) in [6.07, 6.45) is -0.530. The second-order valence-corrected chi connectivity index (χ2v) is 5.91. The highest BCUT2D eigenvalue weighted by atomic mass is 16.8. The van der Waals surface area contributed by atoms with Crippen molar-refractivity contribution in [2.45, 2.75) is 51.3 Å². The maximum atomic E-state index is 12.8. The van der Waals surface area contributed by atoms with E-state index < -0.39 is 47.2 Å². The van der Waals surface area contributed by atoms with Gasteiger partial charge in [0, 0.05) is 12.8 Å². The van der Waals surface area contributed by atoms with E-state index in [1.54, 1.807) is 20.8 Å². The Morgan fingerprint density at radius 3 is 2.55 bits per heavy atom. The Balaban J connectivity index is 2.33. The molecule has 122 valence electrons. The van der Waals surface area contributed by atoms with Crippen LogP contribution in [-0.2, 0) is 33.3 Å². The summed E-state index contributed by atoms with van der Waals surface area (Å²) >= 11 is 0. The van der Waals surface area contributed by atoms with Gasteiger partial charge in [0.25, 0.3) is 5.60 Å². The van der Waals surface area contributed by atoms with Crippen LogP contribution in [-0.4, -0.2) is 47.9 Å². The summed E-state index contributed by atoms with van der Waals surface area (Å²) in [6, 6.07) is 0. The van der Waals surface area contributed by atoms with Crippen molar-refractivity contribution in [2.75, 3.05) is 6.61 Å². The normalized spacial score (nSPS) is 35.1. The monoisotopic (exact) mass is 312 g/mol. The number of ether oxygens (including phenoxy) is 4. The third kappa shape index (κ3) is 2.55. The molecule has 7 nitrogen and oxygen atoms in total. The van der Waals surface area contributed by atoms with E-state index in [2.05, 4.69) is 6.58 Å². The zero-order valence-corrected chi connectivity index (χ0v) is 13.1. The summed E-state index contributed by atoms with van der Waals surface area (Å²) in [5.41, 5.74) is -2.01. The van der Waals surface area contributed by atoms with Crippen LogP contribution in [0.15, 0.2) is 12.7 Å². The number of carbonyl (C=O) groups excluding carboxylic acids is 3. The Morgan fingerprint density at radius 2 is 2.09 bits per heavy atom. The zero-order valence-electron chi connectivity index (χ0n) is 13.1. The van der Waals surface area contributed by atoms with Gasteiger partial charge in [-0.1, -0.05) is 13.0 Å². The quantitative estimate of drug-likeness (QED) is 0.430. The van der Waals surface area contributed by atoms with Crippen molar-refractivity contribution in [1.82, 2.24) is 0 Å². The van der Waals surface area contributed by atoms with Crippen molar-refractivity contribution in [3.8, 4) is 0 Å². The van der Waals surface area contributed by atoms with Gasteiger partial charge in [0.1, 0.15) is 6.10 Å². The van der Waals surface area contributed by atoms with E-state index in [9.17, 15) is 14.4 Å². The highest BCUT2D eigenvalue weighted by Gasteiger charge is 2.65. The van der Waals surface area contributed by atoms with Crippen molar-refractivity contribution in [3.05, 3.63) is 12.7 Å². The molecule has 0 unspecified atom stereocenters. The van der Waals surface area contributed by atoms with Gasteiger partial charge in [-0.2, -0.15) is 0 Å². The van der Waals surface area contributed by atoms with Crippen LogP contribution in [0.4, 0.5) is 0 Å². The number of ketones is 1. The molecule has 0 radical (unpaired) electrons. The molecule has 7 heteroatoms. The lowest BCUT2D eigenvalue weighted by molar-refractivity contribution is -0.177. The van der Waals surface area contributed by atoms with Crippen molar-refractivity contribution in [1.29, 1.82) is 0 Å². The molecular weight excluding hydrogens is 292 g/mol. The van der Waals surface area contributed by atoms with Gasteiger partial charge in [-0.15, -0.1) is 6.58 Å². The Morgan fingerprint density at radius 1 is 1.45 bits per heavy atom. The molecule has 0 aliphatic carbocycles. The number of esters is 2. The molecule has 4 atom stereocenters. The van der Waals surface area contributed by atoms with Crippen molar-refractivity contribution in [2.24, 2.45) is 5.92 Å². The lowest BCUT2D eigenvalue weighted by Crippen LogP contribution is -2.52. The van der Waals surface area contributed by atoms with Gasteiger partial charge in [0.15, 0.2) is 11.9 Å². The Labute approximate surface area is 128 Å². The molecule has 2 fully saturated rings. The fourth-order valence-corrected chi connectivity index (χ4v) is 2.67. The average Bonchev–Trinajstić information content (AvgIpc) is 2.90. The van der Waals surface area contributed by atoms with Crippen LogP contribution < -0.4 is 0 Å². The van der Waals surface area contributed by atoms with Crippen molar-refractivity contribution >= 4 is 17.7 Å². The van der Waals surface area contributed by atoms with Crippen LogP contribution in [0.25, 0.3) is 0 Å². The van der Waals surface area contributed by atoms with Gasteiger partial charge in [-0.3, -0.25) is 9.59 Å². The maximum absolute atomic E-state index is 12.8. The molecule has 2 heterocycles. The Hall–Kier alpha value is -1.73. The second kappa shape index (κ2) is 5.48. The largest absolute Gasteiger partial charge is 0.448 e. The number of Topliss-reactive ketones (excluding diaryl/α,β-unsaturated/α-hetero) is 1. The molecule has 0 bridgehead atoms. The van der Waals surface area contributed by atoms with Gasteiger partial charge in [-0.25, -0.2) is 4.79 Å². The van der Waals surface area contributed by atoms with Crippen molar-refractivity contribution < 1.29 is 33.3 Å². The molecule has 2 aliphatic heterocycles. The summed E-state index contributed by atoms with van der Waals surface area (Å²) in [7, 11) is 0. The minimum Gasteiger partial charge on any atom is -0.448 e. The van der Waals surface area contributed by atoms with E-state index in [1.165, 1.54) is 6.08 Å². The van der Waals surface area contributed by atoms with Crippen LogP contribution in [0, 0.1) is 5.92 Å². The molecule has 22 heavy (non-hydrogen) atoms. The lowest BCUT2D eigenvalue weighted by Gasteiger charge is -2.27. The molecule has 2 aliphatic rings. The van der Waals surface area contributed by atoms with Crippen LogP contribution in [0.5, 0.6) is 0 Å². The van der Waals surface area contributed by atoms with Crippen LogP contribution in [0.1, 0.15) is 27.7 Å². The predicted molar refractivity (Wildman–Crippen MR) is 73.6 cm³/mol. The summed E-state index contributed by atoms with van der Waals surface area (Å²) in [5, 5.41) is 0. The standard InChI is InChI=1S/C15H20O7/c1-6-8(2)15(21-9(3)16)12(17)11(20-13(15)18)10-7-19-14(4,5)22-10/h6,8,10-11H,1,7H2,2-5H3/t8-,10-,11+,15-/m0/s1. The smallest absolute Gasteiger partial charge is 0.360 e. The van der Waals surface area contributed by atoms with E-state index in [0.717, 1.165) is 6.92 Å². The number of hydrogen-bond donors (Lipinski definition) is 0. The summed E-state index contributed by atoms with van der Waals surface area (Å²) in [6.45, 7) is 9.75. The van der Waals surface area contributed by atoms with Crippen LogP contribution in [0.2, 0.25) is 0 Å². The van der Waals surface area contributed by atoms with Gasteiger partial charge >= 0.3 is 11.9 Å². The van der Waals surface area contributed by atoms with E-state index in [4.69, 9.17) is 18.9 Å². The fourth-order valence-electron chi connectivity index (χ4n) is 2.67. The maximum Gasteiger partial charge on any atom is 0.360 e. The Bertz CT molecular complexity index is 524. The second-order valence-electron chi connectivity index (χ2n) is 5.91. The van der Waals surface area contributed by atoms with E-state index in [0.29, 0.717) is 0 Å². The molecule has 0 amide bonds. The third-order valence-corrected chi connectivity index (χ3v) is 3.83. The molecule has 0 N–H and O–H groups in total. The van der Waals surface area contributed by atoms with E-state index in [1.807, 2.05) is 0 Å². The van der Waals surface area contributed by atoms with Crippen LogP contribution >= 0.6 is 0 Å².